The number of hydrogen-bond acceptors (Lipinski definition) is 4. The number of aliphatic hydroxyl groups excluding tert-OH is 1. The van der Waals surface area contributed by atoms with Crippen molar-refractivity contribution in [1.82, 2.24) is 10.2 Å². The number of hydrogen-bond donors (Lipinski definition) is 4. The maximum atomic E-state index is 11.8. The maximum absolute atomic E-state index is 11.8. The highest BCUT2D eigenvalue weighted by Crippen LogP contribution is 2.17. The molecule has 0 radical (unpaired) electrons. The van der Waals surface area contributed by atoms with Crippen LogP contribution in [-0.2, 0) is 9.59 Å². The normalized spacial score (nSPS) is 22.3. The highest BCUT2D eigenvalue weighted by Gasteiger charge is 2.36. The molecule has 8 nitrogen and oxygen atoms in total. The van der Waals surface area contributed by atoms with Crippen molar-refractivity contribution in [3.05, 3.63) is 0 Å². The number of nitrogens with one attached hydrogen (secondary N) is 1. The molecule has 3 amide bonds. The van der Waals surface area contributed by atoms with Crippen LogP contribution in [0, 0.1) is 0 Å². The maximum Gasteiger partial charge on any atom is 0.407 e. The average Bonchev–Trinajstić information content (AvgIpc) is 2.73. The smallest absolute Gasteiger partial charge is 0.407 e. The number of rotatable bonds is 4. The van der Waals surface area contributed by atoms with E-state index in [-0.39, 0.29) is 6.54 Å². The number of carboxylic acid groups (broad SMARTS) is 1. The summed E-state index contributed by atoms with van der Waals surface area (Å²) in [4.78, 5) is 34.8. The van der Waals surface area contributed by atoms with E-state index in [0.717, 1.165) is 4.90 Å². The summed E-state index contributed by atoms with van der Waals surface area (Å²) < 4.78 is 0. The molecule has 8 heteroatoms. The zero-order valence-electron chi connectivity index (χ0n) is 10.00. The van der Waals surface area contributed by atoms with Crippen LogP contribution in [-0.4, -0.2) is 57.8 Å². The van der Waals surface area contributed by atoms with Crippen molar-refractivity contribution in [2.45, 2.75) is 38.0 Å². The molecule has 18 heavy (non-hydrogen) atoms. The summed E-state index contributed by atoms with van der Waals surface area (Å²) in [5, 5.41) is 20.5. The van der Waals surface area contributed by atoms with Crippen molar-refractivity contribution in [1.29, 1.82) is 0 Å². The summed E-state index contributed by atoms with van der Waals surface area (Å²) in [6.07, 6.45) is -1.34. The number of carbonyl (C=O) groups excluding carboxylic acids is 2. The van der Waals surface area contributed by atoms with Gasteiger partial charge in [-0.1, -0.05) is 0 Å². The minimum atomic E-state index is -1.21. The summed E-state index contributed by atoms with van der Waals surface area (Å²) >= 11 is 0. The zero-order valence-corrected chi connectivity index (χ0v) is 10.00. The first-order valence-electron chi connectivity index (χ1n) is 5.62. The third kappa shape index (κ3) is 3.10. The molecule has 5 N–H and O–H groups in total. The molecule has 3 atom stereocenters. The largest absolute Gasteiger partial charge is 0.465 e. The Morgan fingerprint density at radius 1 is 1.44 bits per heavy atom. The van der Waals surface area contributed by atoms with Crippen LogP contribution in [0.2, 0.25) is 0 Å². The van der Waals surface area contributed by atoms with E-state index in [0.29, 0.717) is 12.8 Å². The lowest BCUT2D eigenvalue weighted by molar-refractivity contribution is -0.132. The standard InChI is InChI=1S/C10H17N3O5/c1-5(14)7(8(11)15)12-9(16)6-3-2-4-13(6)10(17)18/h5-7,14H,2-4H2,1H3,(H2,11,15)(H,12,16)(H,17,18)/t5-,6+,7+/m1/s1. The Labute approximate surface area is 104 Å². The lowest BCUT2D eigenvalue weighted by Crippen LogP contribution is -2.55. The summed E-state index contributed by atoms with van der Waals surface area (Å²) in [6.45, 7) is 1.60. The van der Waals surface area contributed by atoms with Gasteiger partial charge in [0.15, 0.2) is 0 Å². The fraction of sp³-hybridized carbons (Fsp3) is 0.700. The van der Waals surface area contributed by atoms with Crippen LogP contribution in [0.1, 0.15) is 19.8 Å². The third-order valence-electron chi connectivity index (χ3n) is 2.89. The number of nitrogens with two attached hydrogens (primary N) is 1. The van der Waals surface area contributed by atoms with Gasteiger partial charge in [0.2, 0.25) is 11.8 Å². The van der Waals surface area contributed by atoms with E-state index >= 15 is 0 Å². The van der Waals surface area contributed by atoms with Crippen molar-refractivity contribution in [3.63, 3.8) is 0 Å². The summed E-state index contributed by atoms with van der Waals surface area (Å²) in [5.41, 5.74) is 5.04. The number of aliphatic hydroxyl groups is 1. The number of carbonyl (C=O) groups is 3. The van der Waals surface area contributed by atoms with Gasteiger partial charge in [-0.05, 0) is 19.8 Å². The minimum absolute atomic E-state index is 0.281. The van der Waals surface area contributed by atoms with E-state index in [1.165, 1.54) is 6.92 Å². The molecule has 0 saturated carbocycles. The third-order valence-corrected chi connectivity index (χ3v) is 2.89. The van der Waals surface area contributed by atoms with E-state index in [2.05, 4.69) is 5.32 Å². The van der Waals surface area contributed by atoms with Gasteiger partial charge >= 0.3 is 6.09 Å². The van der Waals surface area contributed by atoms with Gasteiger partial charge in [0, 0.05) is 6.54 Å². The Morgan fingerprint density at radius 2 is 2.06 bits per heavy atom. The molecule has 1 aliphatic rings. The molecule has 0 unspecified atom stereocenters. The molecule has 1 saturated heterocycles. The van der Waals surface area contributed by atoms with Crippen LogP contribution in [0.25, 0.3) is 0 Å². The van der Waals surface area contributed by atoms with Gasteiger partial charge in [0.25, 0.3) is 0 Å². The first-order chi connectivity index (χ1) is 8.34. The van der Waals surface area contributed by atoms with E-state index in [9.17, 15) is 19.5 Å². The molecule has 1 heterocycles. The van der Waals surface area contributed by atoms with Gasteiger partial charge in [0.05, 0.1) is 6.10 Å². The van der Waals surface area contributed by atoms with Gasteiger partial charge in [-0.2, -0.15) is 0 Å². The molecule has 0 aromatic carbocycles. The number of likely N-dealkylation sites (tertiary alicyclic amines) is 1. The molecular formula is C10H17N3O5. The first-order valence-corrected chi connectivity index (χ1v) is 5.62. The molecule has 1 fully saturated rings. The molecule has 1 aliphatic heterocycles. The SMILES string of the molecule is C[C@@H](O)[C@H](NC(=O)[C@@H]1CCCN1C(=O)O)C(N)=O. The average molecular weight is 259 g/mol. The Balaban J connectivity index is 2.69. The number of amides is 3. The van der Waals surface area contributed by atoms with Crippen LogP contribution >= 0.6 is 0 Å². The fourth-order valence-electron chi connectivity index (χ4n) is 1.95. The van der Waals surface area contributed by atoms with E-state index in [1.54, 1.807) is 0 Å². The Kier molecular flexibility index (Phi) is 4.49. The molecule has 102 valence electrons. The number of nitrogens with zero attached hydrogens (tertiary/aromatic N) is 1. The second-order valence-electron chi connectivity index (χ2n) is 4.26. The van der Waals surface area contributed by atoms with Crippen LogP contribution in [0.3, 0.4) is 0 Å². The summed E-state index contributed by atoms with van der Waals surface area (Å²) in [7, 11) is 0. The summed E-state index contributed by atoms with van der Waals surface area (Å²) in [6, 6.07) is -2.04. The first kappa shape index (κ1) is 14.2. The second kappa shape index (κ2) is 5.67. The van der Waals surface area contributed by atoms with Crippen molar-refractivity contribution in [3.8, 4) is 0 Å². The van der Waals surface area contributed by atoms with Crippen LogP contribution in [0.15, 0.2) is 0 Å². The number of primary amides is 1. The molecule has 0 aromatic rings. The highest BCUT2D eigenvalue weighted by atomic mass is 16.4. The summed E-state index contributed by atoms with van der Waals surface area (Å²) in [5.74, 6) is -1.47. The van der Waals surface area contributed by atoms with Crippen LogP contribution in [0.5, 0.6) is 0 Å². The van der Waals surface area contributed by atoms with E-state index in [1.807, 2.05) is 0 Å². The Hall–Kier alpha value is -1.83. The Bertz CT molecular complexity index is 357. The lowest BCUT2D eigenvalue weighted by Gasteiger charge is -2.24. The van der Waals surface area contributed by atoms with Crippen molar-refractivity contribution in [2.24, 2.45) is 5.73 Å². The van der Waals surface area contributed by atoms with Crippen molar-refractivity contribution < 1.29 is 24.6 Å². The Morgan fingerprint density at radius 3 is 2.50 bits per heavy atom. The molecular weight excluding hydrogens is 242 g/mol. The molecule has 0 aliphatic carbocycles. The molecule has 0 spiro atoms. The minimum Gasteiger partial charge on any atom is -0.465 e. The van der Waals surface area contributed by atoms with Crippen molar-refractivity contribution in [2.75, 3.05) is 6.54 Å². The predicted octanol–water partition coefficient (Wildman–Crippen LogP) is -1.52. The second-order valence-corrected chi connectivity index (χ2v) is 4.26. The topological polar surface area (TPSA) is 133 Å². The molecule has 0 bridgehead atoms. The zero-order chi connectivity index (χ0) is 13.9. The van der Waals surface area contributed by atoms with E-state index in [4.69, 9.17) is 10.8 Å². The monoisotopic (exact) mass is 259 g/mol. The van der Waals surface area contributed by atoms with Gasteiger partial charge in [-0.15, -0.1) is 0 Å². The molecule has 1 rings (SSSR count). The van der Waals surface area contributed by atoms with E-state index < -0.39 is 36.1 Å². The van der Waals surface area contributed by atoms with Crippen molar-refractivity contribution >= 4 is 17.9 Å². The van der Waals surface area contributed by atoms with Gasteiger partial charge in [-0.25, -0.2) is 4.79 Å². The predicted molar refractivity (Wildman–Crippen MR) is 60.6 cm³/mol. The van der Waals surface area contributed by atoms with Gasteiger partial charge in [-0.3, -0.25) is 14.5 Å². The quantitative estimate of drug-likeness (QED) is 0.486. The van der Waals surface area contributed by atoms with Crippen LogP contribution in [0.4, 0.5) is 4.79 Å². The van der Waals surface area contributed by atoms with Crippen LogP contribution < -0.4 is 11.1 Å². The fourth-order valence-corrected chi connectivity index (χ4v) is 1.95. The molecule has 0 aromatic heterocycles. The van der Waals surface area contributed by atoms with Gasteiger partial charge in [0.1, 0.15) is 12.1 Å². The highest BCUT2D eigenvalue weighted by molar-refractivity contribution is 5.91. The van der Waals surface area contributed by atoms with Gasteiger partial charge < -0.3 is 21.3 Å². The lowest BCUT2D eigenvalue weighted by atomic mass is 10.1.